The molecule has 4 aliphatic rings. The van der Waals surface area contributed by atoms with E-state index >= 15 is 0 Å². The predicted octanol–water partition coefficient (Wildman–Crippen LogP) is 4.26. The van der Waals surface area contributed by atoms with Crippen LogP contribution < -0.4 is 14.5 Å². The molecule has 6 nitrogen and oxygen atoms in total. The summed E-state index contributed by atoms with van der Waals surface area (Å²) in [6.45, 7) is 0. The summed E-state index contributed by atoms with van der Waals surface area (Å²) in [5.41, 5.74) is 1.52. The molecule has 1 aromatic heterocycles. The predicted molar refractivity (Wildman–Crippen MR) is 130 cm³/mol. The molecule has 0 unspecified atom stereocenters. The van der Waals surface area contributed by atoms with E-state index < -0.39 is 5.82 Å². The van der Waals surface area contributed by atoms with Gasteiger partial charge in [0.2, 0.25) is 11.8 Å². The Hall–Kier alpha value is -2.91. The molecule has 2 aliphatic heterocycles. The zero-order valence-electron chi connectivity index (χ0n) is 18.6. The number of halogens is 1. The monoisotopic (exact) mass is 508 g/mol. The number of H-pyrrole nitrogens is 1. The molecule has 35 heavy (non-hydrogen) atoms. The summed E-state index contributed by atoms with van der Waals surface area (Å²) >= 11 is 2.91. The summed E-state index contributed by atoms with van der Waals surface area (Å²) in [5.74, 6) is -0.523. The molecule has 2 aromatic carbocycles. The Kier molecular flexibility index (Phi) is 4.61. The lowest BCUT2D eigenvalue weighted by Crippen LogP contribution is -2.42. The molecule has 7 atom stereocenters. The first-order valence-corrected chi connectivity index (χ1v) is 13.3. The van der Waals surface area contributed by atoms with Crippen molar-refractivity contribution in [2.75, 3.05) is 12.0 Å². The van der Waals surface area contributed by atoms with Crippen molar-refractivity contribution >= 4 is 40.6 Å². The van der Waals surface area contributed by atoms with Crippen molar-refractivity contribution in [2.45, 2.75) is 22.6 Å². The summed E-state index contributed by atoms with van der Waals surface area (Å²) < 4.78 is 18.8. The van der Waals surface area contributed by atoms with Gasteiger partial charge in [0.05, 0.1) is 29.7 Å². The van der Waals surface area contributed by atoms with Crippen LogP contribution in [0.1, 0.15) is 22.8 Å². The molecule has 2 amide bonds. The summed E-state index contributed by atoms with van der Waals surface area (Å²) in [5, 5.41) is 1.02. The number of carbonyl (C=O) groups is 2. The molecule has 3 aromatic rings. The van der Waals surface area contributed by atoms with E-state index in [1.54, 1.807) is 18.9 Å². The Morgan fingerprint density at radius 1 is 0.971 bits per heavy atom. The number of hydrogen-bond donors (Lipinski definition) is 1. The first-order chi connectivity index (χ1) is 17.0. The fraction of sp³-hybridized carbons (Fsp3) is 0.346. The van der Waals surface area contributed by atoms with Gasteiger partial charge in [0.25, 0.3) is 0 Å². The second kappa shape index (κ2) is 7.54. The van der Waals surface area contributed by atoms with Gasteiger partial charge in [-0.3, -0.25) is 19.3 Å². The van der Waals surface area contributed by atoms with Crippen molar-refractivity contribution in [2.24, 2.45) is 29.6 Å². The van der Waals surface area contributed by atoms with Gasteiger partial charge in [-0.2, -0.15) is 0 Å². The first-order valence-electron chi connectivity index (χ1n) is 11.6. The van der Waals surface area contributed by atoms with Gasteiger partial charge in [-0.15, -0.1) is 11.8 Å². The number of methoxy groups -OCH3 is 1. The quantitative estimate of drug-likeness (QED) is 0.535. The minimum atomic E-state index is -0.405. The van der Waals surface area contributed by atoms with E-state index in [0.717, 1.165) is 27.6 Å². The Balaban J connectivity index is 1.31. The van der Waals surface area contributed by atoms with E-state index in [1.165, 1.54) is 40.5 Å². The summed E-state index contributed by atoms with van der Waals surface area (Å²) in [4.78, 5) is 44.8. The van der Waals surface area contributed by atoms with E-state index in [-0.39, 0.29) is 57.4 Å². The van der Waals surface area contributed by atoms with Crippen molar-refractivity contribution < 1.29 is 18.7 Å². The number of aromatic amines is 1. The van der Waals surface area contributed by atoms with Crippen molar-refractivity contribution in [3.05, 3.63) is 74.5 Å². The van der Waals surface area contributed by atoms with Crippen LogP contribution >= 0.6 is 23.1 Å². The number of hydrogen-bond acceptors (Lipinski definition) is 6. The number of anilines is 1. The van der Waals surface area contributed by atoms with Crippen LogP contribution in [0.15, 0.2) is 58.4 Å². The number of rotatable bonds is 3. The number of imide groups is 1. The molecule has 178 valence electrons. The van der Waals surface area contributed by atoms with Crippen LogP contribution in [0.5, 0.6) is 5.75 Å². The Labute approximate surface area is 208 Å². The van der Waals surface area contributed by atoms with Crippen molar-refractivity contribution in [3.8, 4) is 5.75 Å². The van der Waals surface area contributed by atoms with Crippen LogP contribution in [-0.2, 0) is 9.59 Å². The lowest BCUT2D eigenvalue weighted by atomic mass is 9.68. The Bertz CT molecular complexity index is 1420. The lowest BCUT2D eigenvalue weighted by molar-refractivity contribution is -0.123. The number of carbonyl (C=O) groups excluding carboxylic acids is 2. The molecule has 1 N–H and O–H groups in total. The Morgan fingerprint density at radius 3 is 2.34 bits per heavy atom. The van der Waals surface area contributed by atoms with E-state index in [0.29, 0.717) is 5.69 Å². The third kappa shape index (κ3) is 2.91. The fourth-order valence-electron chi connectivity index (χ4n) is 7.05. The summed E-state index contributed by atoms with van der Waals surface area (Å²) in [7, 11) is 1.63. The molecule has 2 aliphatic carbocycles. The highest BCUT2D eigenvalue weighted by atomic mass is 32.2. The molecule has 2 bridgehead atoms. The van der Waals surface area contributed by atoms with Gasteiger partial charge in [-0.05, 0) is 66.1 Å². The minimum Gasteiger partial charge on any atom is -0.497 e. The lowest BCUT2D eigenvalue weighted by Gasteiger charge is -2.43. The van der Waals surface area contributed by atoms with E-state index in [9.17, 15) is 18.8 Å². The van der Waals surface area contributed by atoms with Gasteiger partial charge in [0, 0.05) is 16.0 Å². The number of thiazole rings is 1. The van der Waals surface area contributed by atoms with Crippen LogP contribution in [0.3, 0.4) is 0 Å². The smallest absolute Gasteiger partial charge is 0.305 e. The second-order valence-corrected chi connectivity index (χ2v) is 11.9. The number of ether oxygens (including phenoxy) is 1. The SMILES string of the molecule is COc1ccc([C@@H]2c3sc(=O)[nH]c3S[C@@H]3[C@H]4C[C@@H]([C@@H]5C(=O)N(c6ccc(F)cc6)C(=O)[C@H]45)[C@H]23)cc1. The first kappa shape index (κ1) is 21.4. The van der Waals surface area contributed by atoms with E-state index in [1.807, 2.05) is 24.3 Å². The maximum Gasteiger partial charge on any atom is 0.305 e. The largest absolute Gasteiger partial charge is 0.497 e. The average molecular weight is 509 g/mol. The number of fused-ring (bicyclic) bond motifs is 9. The van der Waals surface area contributed by atoms with Crippen molar-refractivity contribution in [1.82, 2.24) is 4.98 Å². The maximum atomic E-state index is 13.7. The molecular weight excluding hydrogens is 487 g/mol. The molecule has 7 rings (SSSR count). The minimum absolute atomic E-state index is 0.0233. The van der Waals surface area contributed by atoms with Gasteiger partial charge in [-0.1, -0.05) is 23.5 Å². The highest BCUT2D eigenvalue weighted by molar-refractivity contribution is 8.00. The van der Waals surface area contributed by atoms with Gasteiger partial charge >= 0.3 is 4.87 Å². The highest BCUT2D eigenvalue weighted by Crippen LogP contribution is 2.68. The van der Waals surface area contributed by atoms with Gasteiger partial charge in [0.15, 0.2) is 0 Å². The summed E-state index contributed by atoms with van der Waals surface area (Å²) in [6, 6.07) is 13.5. The van der Waals surface area contributed by atoms with Crippen LogP contribution in [0.2, 0.25) is 0 Å². The zero-order valence-corrected chi connectivity index (χ0v) is 20.3. The normalized spacial score (nSPS) is 32.5. The number of amides is 2. The second-order valence-electron chi connectivity index (χ2n) is 9.72. The van der Waals surface area contributed by atoms with Gasteiger partial charge in [-0.25, -0.2) is 4.39 Å². The van der Waals surface area contributed by atoms with Crippen LogP contribution in [0.4, 0.5) is 10.1 Å². The number of nitrogens with zero attached hydrogens (tertiary/aromatic N) is 1. The molecule has 3 fully saturated rings. The topological polar surface area (TPSA) is 79.5 Å². The van der Waals surface area contributed by atoms with Crippen LogP contribution in [0, 0.1) is 35.4 Å². The number of nitrogens with one attached hydrogen (secondary N) is 1. The summed E-state index contributed by atoms with van der Waals surface area (Å²) in [6.07, 6.45) is 0.832. The maximum absolute atomic E-state index is 13.7. The van der Waals surface area contributed by atoms with E-state index in [2.05, 4.69) is 4.98 Å². The standard InChI is InChI=1S/C26H21FN2O4S2/c1-33-14-8-2-11(3-9-14)17-18-15-10-16(21(18)34-23-22(17)35-26(32)28-23)20-19(15)24(30)29(25(20)31)13-6-4-12(27)5-7-13/h2-9,15-21H,10H2,1H3,(H,28,32)/t15-,16+,17+,18-,19+,20-,21-/m1/s1. The number of benzene rings is 2. The Morgan fingerprint density at radius 2 is 1.66 bits per heavy atom. The fourth-order valence-corrected chi connectivity index (χ4v) is 9.93. The molecular formula is C26H21FN2O4S2. The number of thioether (sulfide) groups is 1. The van der Waals surface area contributed by atoms with Gasteiger partial charge < -0.3 is 9.72 Å². The number of aromatic nitrogens is 1. The van der Waals surface area contributed by atoms with Crippen LogP contribution in [-0.4, -0.2) is 29.2 Å². The van der Waals surface area contributed by atoms with Crippen molar-refractivity contribution in [3.63, 3.8) is 0 Å². The average Bonchev–Trinajstić information content (AvgIpc) is 3.59. The van der Waals surface area contributed by atoms with E-state index in [4.69, 9.17) is 4.74 Å². The molecule has 0 radical (unpaired) electrons. The zero-order chi connectivity index (χ0) is 24.0. The third-order valence-corrected chi connectivity index (χ3v) is 10.9. The molecule has 3 heterocycles. The molecule has 9 heteroatoms. The highest BCUT2D eigenvalue weighted by Gasteiger charge is 2.69. The van der Waals surface area contributed by atoms with Crippen LogP contribution in [0.25, 0.3) is 0 Å². The van der Waals surface area contributed by atoms with Crippen molar-refractivity contribution in [1.29, 1.82) is 0 Å². The molecule has 1 saturated heterocycles. The van der Waals surface area contributed by atoms with Gasteiger partial charge in [0.1, 0.15) is 11.6 Å². The molecule has 0 spiro atoms. The third-order valence-electron chi connectivity index (χ3n) is 8.28. The molecule has 2 saturated carbocycles.